The number of ether oxygens (including phenoxy) is 1. The number of anilines is 1. The Labute approximate surface area is 222 Å². The van der Waals surface area contributed by atoms with Crippen molar-refractivity contribution in [2.45, 2.75) is 49.7 Å². The van der Waals surface area contributed by atoms with E-state index in [1.54, 1.807) is 17.5 Å². The van der Waals surface area contributed by atoms with Crippen molar-refractivity contribution in [2.75, 3.05) is 31.5 Å². The second-order valence-corrected chi connectivity index (χ2v) is 11.0. The molecule has 4 aliphatic rings. The Bertz CT molecular complexity index is 1070. The van der Waals surface area contributed by atoms with E-state index in [4.69, 9.17) is 4.74 Å². The van der Waals surface area contributed by atoms with Crippen molar-refractivity contribution in [1.82, 2.24) is 9.97 Å². The fraction of sp³-hybridized carbons (Fsp3) is 0.583. The summed E-state index contributed by atoms with van der Waals surface area (Å²) >= 11 is 1.17. The second-order valence-electron chi connectivity index (χ2n) is 10.1. The Morgan fingerprint density at radius 3 is 2.67 bits per heavy atom. The molecule has 4 fully saturated rings. The third-order valence-electron chi connectivity index (χ3n) is 7.81. The van der Waals surface area contributed by atoms with E-state index < -0.39 is 35.9 Å². The standard InChI is InChI=1S/C24H28F2N4O4S.BrH/c25-23(26)6-3-17(12-23)24(33,19-2-1-11-35-19)22(32)34-18-14-30(9-4-16(18)5-10-30)15-21(31)29-20-13-27-7-8-28-20;/h1-2,7-8,11,13,16-18,33H,3-6,9-10,12,14-15H2;1H/t16?,17?,18?,24-,30?;/m0./s1. The van der Waals surface area contributed by atoms with Gasteiger partial charge in [0.15, 0.2) is 24.1 Å². The lowest BCUT2D eigenvalue weighted by Crippen LogP contribution is -3.00. The molecule has 2 N–H and O–H groups in total. The average molecular weight is 587 g/mol. The molecule has 1 aliphatic carbocycles. The van der Waals surface area contributed by atoms with Crippen LogP contribution >= 0.6 is 11.3 Å². The number of amides is 1. The molecular weight excluding hydrogens is 558 g/mol. The van der Waals surface area contributed by atoms with Crippen LogP contribution < -0.4 is 22.3 Å². The third kappa shape index (κ3) is 5.32. The van der Waals surface area contributed by atoms with E-state index in [1.807, 2.05) is 0 Å². The summed E-state index contributed by atoms with van der Waals surface area (Å²) in [7, 11) is 0. The lowest BCUT2D eigenvalue weighted by atomic mass is 9.82. The number of thiophene rings is 1. The van der Waals surface area contributed by atoms with Gasteiger partial charge in [0.1, 0.15) is 6.54 Å². The van der Waals surface area contributed by atoms with Crippen LogP contribution in [0.1, 0.15) is 37.0 Å². The minimum absolute atomic E-state index is 0. The normalized spacial score (nSPS) is 30.1. The molecule has 0 aromatic carbocycles. The number of esters is 1. The second kappa shape index (κ2) is 10.4. The number of aliphatic hydroxyl groups is 1. The van der Waals surface area contributed by atoms with E-state index >= 15 is 0 Å². The lowest BCUT2D eigenvalue weighted by molar-refractivity contribution is -0.939. The Morgan fingerprint density at radius 1 is 1.28 bits per heavy atom. The number of nitrogens with zero attached hydrogens (tertiary/aromatic N) is 3. The predicted molar refractivity (Wildman–Crippen MR) is 123 cm³/mol. The van der Waals surface area contributed by atoms with E-state index in [2.05, 4.69) is 15.3 Å². The highest BCUT2D eigenvalue weighted by Crippen LogP contribution is 2.49. The summed E-state index contributed by atoms with van der Waals surface area (Å²) in [5.74, 6) is -4.37. The number of carbonyl (C=O) groups is 2. The number of piperidine rings is 3. The van der Waals surface area contributed by atoms with Gasteiger partial charge in [0.25, 0.3) is 5.91 Å². The maximum absolute atomic E-state index is 14.0. The zero-order valence-electron chi connectivity index (χ0n) is 19.6. The smallest absolute Gasteiger partial charge is 0.344 e. The average Bonchev–Trinajstić information content (AvgIpc) is 3.50. The van der Waals surface area contributed by atoms with E-state index in [0.29, 0.717) is 21.7 Å². The van der Waals surface area contributed by atoms with Crippen molar-refractivity contribution in [3.63, 3.8) is 0 Å². The molecule has 2 aromatic rings. The molecule has 1 saturated carbocycles. The number of aromatic nitrogens is 2. The van der Waals surface area contributed by atoms with Gasteiger partial charge in [-0.3, -0.25) is 9.78 Å². The van der Waals surface area contributed by atoms with Crippen molar-refractivity contribution in [3.05, 3.63) is 41.0 Å². The van der Waals surface area contributed by atoms with Gasteiger partial charge < -0.3 is 36.6 Å². The van der Waals surface area contributed by atoms with Crippen molar-refractivity contribution < 1.29 is 49.7 Å². The van der Waals surface area contributed by atoms with Crippen molar-refractivity contribution in [3.8, 4) is 0 Å². The molecule has 196 valence electrons. The monoisotopic (exact) mass is 586 g/mol. The minimum Gasteiger partial charge on any atom is -1.00 e. The summed E-state index contributed by atoms with van der Waals surface area (Å²) in [5, 5.41) is 16.0. The van der Waals surface area contributed by atoms with Gasteiger partial charge in [-0.05, 0) is 17.9 Å². The molecule has 2 unspecified atom stereocenters. The van der Waals surface area contributed by atoms with Gasteiger partial charge >= 0.3 is 5.97 Å². The van der Waals surface area contributed by atoms with Crippen LogP contribution in [-0.2, 0) is 19.9 Å². The fourth-order valence-corrected chi connectivity index (χ4v) is 6.82. The molecule has 0 spiro atoms. The highest BCUT2D eigenvalue weighted by molar-refractivity contribution is 7.10. The zero-order valence-corrected chi connectivity index (χ0v) is 22.0. The number of fused-ring (bicyclic) bond motifs is 3. The Morgan fingerprint density at radius 2 is 2.06 bits per heavy atom. The van der Waals surface area contributed by atoms with Crippen molar-refractivity contribution in [2.24, 2.45) is 11.8 Å². The van der Waals surface area contributed by atoms with Crippen molar-refractivity contribution >= 4 is 29.0 Å². The van der Waals surface area contributed by atoms with Crippen LogP contribution in [0.4, 0.5) is 14.6 Å². The summed E-state index contributed by atoms with van der Waals surface area (Å²) in [6, 6.07) is 3.29. The predicted octanol–water partition coefficient (Wildman–Crippen LogP) is -0.0440. The molecule has 3 aliphatic heterocycles. The van der Waals surface area contributed by atoms with Gasteiger partial charge in [0.05, 0.1) is 19.3 Å². The summed E-state index contributed by atoms with van der Waals surface area (Å²) in [5.41, 5.74) is -2.10. The minimum atomic E-state index is -2.91. The molecule has 3 atom stereocenters. The van der Waals surface area contributed by atoms with E-state index in [-0.39, 0.29) is 48.2 Å². The zero-order chi connectivity index (χ0) is 24.7. The summed E-state index contributed by atoms with van der Waals surface area (Å²) in [6.45, 7) is 2.24. The topological polar surface area (TPSA) is 101 Å². The molecule has 2 bridgehead atoms. The van der Waals surface area contributed by atoms with Gasteiger partial charge in [-0.25, -0.2) is 18.6 Å². The number of nitrogens with one attached hydrogen (secondary N) is 1. The SMILES string of the molecule is O=C(C[N+]12CCC(CC1)C(OC(=O)[C@@](O)(c1cccs1)C1CCC(F)(F)C1)C2)Nc1cnccn1.[Br-]. The van der Waals surface area contributed by atoms with Crippen LogP contribution in [0.25, 0.3) is 0 Å². The molecule has 2 aromatic heterocycles. The summed E-state index contributed by atoms with van der Waals surface area (Å²) < 4.78 is 34.5. The highest BCUT2D eigenvalue weighted by Gasteiger charge is 2.57. The highest BCUT2D eigenvalue weighted by atomic mass is 79.9. The molecule has 5 heterocycles. The van der Waals surface area contributed by atoms with Gasteiger partial charge in [0.2, 0.25) is 5.92 Å². The maximum atomic E-state index is 14.0. The number of rotatable bonds is 7. The number of hydrogen-bond donors (Lipinski definition) is 2. The summed E-state index contributed by atoms with van der Waals surface area (Å²) in [4.78, 5) is 34.5. The van der Waals surface area contributed by atoms with Gasteiger partial charge in [-0.15, -0.1) is 11.3 Å². The molecule has 36 heavy (non-hydrogen) atoms. The summed E-state index contributed by atoms with van der Waals surface area (Å²) in [6.07, 6.45) is 4.73. The quantitative estimate of drug-likeness (QED) is 0.349. The third-order valence-corrected chi connectivity index (χ3v) is 8.81. The van der Waals surface area contributed by atoms with Crippen LogP contribution in [0, 0.1) is 11.8 Å². The van der Waals surface area contributed by atoms with E-state index in [9.17, 15) is 23.5 Å². The first-order valence-corrected chi connectivity index (χ1v) is 12.8. The largest absolute Gasteiger partial charge is 1.00 e. The lowest BCUT2D eigenvalue weighted by Gasteiger charge is -2.51. The Kier molecular flexibility index (Phi) is 7.80. The van der Waals surface area contributed by atoms with Crippen LogP contribution in [0.2, 0.25) is 0 Å². The fourth-order valence-electron chi connectivity index (χ4n) is 5.93. The number of carbonyl (C=O) groups excluding carboxylic acids is 2. The van der Waals surface area contributed by atoms with Crippen LogP contribution in [0.15, 0.2) is 36.1 Å². The van der Waals surface area contributed by atoms with E-state index in [0.717, 1.165) is 25.9 Å². The first kappa shape index (κ1) is 27.0. The van der Waals surface area contributed by atoms with Crippen LogP contribution in [0.3, 0.4) is 0 Å². The molecule has 8 nitrogen and oxygen atoms in total. The van der Waals surface area contributed by atoms with Gasteiger partial charge in [-0.1, -0.05) is 6.07 Å². The number of alkyl halides is 2. The maximum Gasteiger partial charge on any atom is 0.344 e. The van der Waals surface area contributed by atoms with E-state index in [1.165, 1.54) is 29.9 Å². The molecule has 12 heteroatoms. The Hall–Kier alpha value is -2.02. The Balaban J connectivity index is 0.00000304. The van der Waals surface area contributed by atoms with Gasteiger partial charge in [-0.2, -0.15) is 0 Å². The van der Waals surface area contributed by atoms with Crippen LogP contribution in [-0.4, -0.2) is 69.6 Å². The number of halogens is 3. The number of hydrogen-bond acceptors (Lipinski definition) is 7. The first-order valence-electron chi connectivity index (χ1n) is 12.0. The molecular formula is C24H29BrF2N4O4S. The van der Waals surface area contributed by atoms with Gasteiger partial charge in [0, 0.05) is 54.8 Å². The molecule has 1 amide bonds. The molecule has 3 saturated heterocycles. The first-order chi connectivity index (χ1) is 16.7. The van der Waals surface area contributed by atoms with Crippen molar-refractivity contribution in [1.29, 1.82) is 0 Å². The number of quaternary nitrogens is 1. The molecule has 6 rings (SSSR count). The van der Waals surface area contributed by atoms with Crippen LogP contribution in [0.5, 0.6) is 0 Å². The molecule has 0 radical (unpaired) electrons.